The zero-order chi connectivity index (χ0) is 16.9. The van der Waals surface area contributed by atoms with Crippen LogP contribution in [0.2, 0.25) is 0 Å². The molecule has 0 bridgehead atoms. The monoisotopic (exact) mass is 322 g/mol. The van der Waals surface area contributed by atoms with Gasteiger partial charge in [-0.05, 0) is 44.0 Å². The minimum absolute atomic E-state index is 0.0987. The van der Waals surface area contributed by atoms with Gasteiger partial charge in [0.1, 0.15) is 5.82 Å². The Kier molecular flexibility index (Phi) is 4.79. The van der Waals surface area contributed by atoms with Gasteiger partial charge in [-0.25, -0.2) is 4.98 Å². The first kappa shape index (κ1) is 16.1. The molecular formula is C19H22N4O. The predicted molar refractivity (Wildman–Crippen MR) is 97.3 cm³/mol. The van der Waals surface area contributed by atoms with E-state index in [1.54, 1.807) is 12.3 Å². The lowest BCUT2D eigenvalue weighted by molar-refractivity contribution is 0.0954. The van der Waals surface area contributed by atoms with Crippen LogP contribution in [0.4, 0.5) is 5.82 Å². The molecule has 0 saturated heterocycles. The van der Waals surface area contributed by atoms with Gasteiger partial charge in [-0.15, -0.1) is 0 Å². The van der Waals surface area contributed by atoms with Crippen LogP contribution in [0.1, 0.15) is 29.8 Å². The molecule has 2 aromatic heterocycles. The van der Waals surface area contributed by atoms with E-state index < -0.39 is 0 Å². The molecule has 0 aliphatic heterocycles. The third-order valence-corrected chi connectivity index (χ3v) is 3.82. The van der Waals surface area contributed by atoms with Crippen molar-refractivity contribution in [3.63, 3.8) is 0 Å². The summed E-state index contributed by atoms with van der Waals surface area (Å²) in [6.07, 6.45) is 4.40. The summed E-state index contributed by atoms with van der Waals surface area (Å²) >= 11 is 0. The van der Waals surface area contributed by atoms with E-state index in [1.165, 1.54) is 10.9 Å². The second-order valence-electron chi connectivity index (χ2n) is 6.10. The Bertz CT molecular complexity index is 821. The van der Waals surface area contributed by atoms with Crippen LogP contribution in [-0.4, -0.2) is 28.5 Å². The van der Waals surface area contributed by atoms with Crippen molar-refractivity contribution in [2.24, 2.45) is 0 Å². The number of nitrogens with one attached hydrogen (secondary N) is 3. The fraction of sp³-hybridized carbons (Fsp3) is 0.263. The summed E-state index contributed by atoms with van der Waals surface area (Å²) in [6.45, 7) is 4.69. The van der Waals surface area contributed by atoms with E-state index in [4.69, 9.17) is 0 Å². The number of nitrogens with zero attached hydrogens (tertiary/aromatic N) is 1. The minimum atomic E-state index is -0.0987. The fourth-order valence-electron chi connectivity index (χ4n) is 2.66. The van der Waals surface area contributed by atoms with Gasteiger partial charge < -0.3 is 15.6 Å². The predicted octanol–water partition coefficient (Wildman–Crippen LogP) is 3.36. The Balaban J connectivity index is 1.55. The lowest BCUT2D eigenvalue weighted by atomic mass is 10.1. The summed E-state index contributed by atoms with van der Waals surface area (Å²) in [4.78, 5) is 19.7. The van der Waals surface area contributed by atoms with E-state index in [0.717, 1.165) is 17.8 Å². The summed E-state index contributed by atoms with van der Waals surface area (Å²) < 4.78 is 0. The largest absolute Gasteiger partial charge is 0.368 e. The third-order valence-electron chi connectivity index (χ3n) is 3.82. The smallest absolute Gasteiger partial charge is 0.252 e. The molecule has 5 nitrogen and oxygen atoms in total. The molecule has 1 aromatic carbocycles. The highest BCUT2D eigenvalue weighted by molar-refractivity contribution is 5.94. The second-order valence-corrected chi connectivity index (χ2v) is 6.10. The van der Waals surface area contributed by atoms with Crippen molar-refractivity contribution in [3.8, 4) is 0 Å². The highest BCUT2D eigenvalue weighted by Crippen LogP contribution is 2.17. The first-order chi connectivity index (χ1) is 11.6. The maximum Gasteiger partial charge on any atom is 0.252 e. The molecule has 5 heteroatoms. The Morgan fingerprint density at radius 3 is 2.79 bits per heavy atom. The number of rotatable bonds is 6. The second kappa shape index (κ2) is 7.17. The molecular weight excluding hydrogens is 300 g/mol. The van der Waals surface area contributed by atoms with E-state index in [-0.39, 0.29) is 5.91 Å². The van der Waals surface area contributed by atoms with Crippen LogP contribution in [0, 0.1) is 0 Å². The lowest BCUT2D eigenvalue weighted by Gasteiger charge is -2.09. The molecule has 0 aliphatic carbocycles. The molecule has 124 valence electrons. The van der Waals surface area contributed by atoms with Gasteiger partial charge in [-0.2, -0.15) is 0 Å². The summed E-state index contributed by atoms with van der Waals surface area (Å²) in [5, 5.41) is 7.36. The van der Waals surface area contributed by atoms with Crippen LogP contribution >= 0.6 is 0 Å². The number of anilines is 1. The number of amides is 1. The standard InChI is InChI=1S/C19H22N4O/c1-13(2)23-18-8-7-15(12-22-18)19(24)20-10-9-14-11-21-17-6-4-3-5-16(14)17/h3-8,11-13,21H,9-10H2,1-2H3,(H,20,24)(H,22,23). The van der Waals surface area contributed by atoms with Crippen molar-refractivity contribution in [1.82, 2.24) is 15.3 Å². The molecule has 2 heterocycles. The maximum atomic E-state index is 12.2. The van der Waals surface area contributed by atoms with E-state index in [0.29, 0.717) is 18.2 Å². The minimum Gasteiger partial charge on any atom is -0.368 e. The Labute approximate surface area is 141 Å². The molecule has 1 amide bonds. The van der Waals surface area contributed by atoms with Gasteiger partial charge in [0, 0.05) is 35.9 Å². The number of carbonyl (C=O) groups excluding carboxylic acids is 1. The summed E-state index contributed by atoms with van der Waals surface area (Å²) in [6, 6.07) is 12.1. The van der Waals surface area contributed by atoms with Crippen molar-refractivity contribution in [1.29, 1.82) is 0 Å². The van der Waals surface area contributed by atoms with Gasteiger partial charge in [0.25, 0.3) is 5.91 Å². The molecule has 0 aliphatic rings. The van der Waals surface area contributed by atoms with Crippen molar-refractivity contribution in [2.45, 2.75) is 26.3 Å². The molecule has 3 rings (SSSR count). The number of pyridine rings is 1. The Morgan fingerprint density at radius 1 is 1.21 bits per heavy atom. The van der Waals surface area contributed by atoms with Crippen molar-refractivity contribution in [2.75, 3.05) is 11.9 Å². The van der Waals surface area contributed by atoms with Crippen LogP contribution in [-0.2, 0) is 6.42 Å². The number of carbonyl (C=O) groups is 1. The molecule has 3 aromatic rings. The summed E-state index contributed by atoms with van der Waals surface area (Å²) in [7, 11) is 0. The number of hydrogen-bond donors (Lipinski definition) is 3. The van der Waals surface area contributed by atoms with Gasteiger partial charge in [-0.3, -0.25) is 4.79 Å². The van der Waals surface area contributed by atoms with Crippen LogP contribution in [0.15, 0.2) is 48.8 Å². The highest BCUT2D eigenvalue weighted by Gasteiger charge is 2.07. The van der Waals surface area contributed by atoms with Crippen LogP contribution < -0.4 is 10.6 Å². The number of aromatic nitrogens is 2. The van der Waals surface area contributed by atoms with Gasteiger partial charge in [-0.1, -0.05) is 18.2 Å². The lowest BCUT2D eigenvalue weighted by Crippen LogP contribution is -2.25. The molecule has 0 unspecified atom stereocenters. The van der Waals surface area contributed by atoms with E-state index >= 15 is 0 Å². The number of fused-ring (bicyclic) bond motifs is 1. The zero-order valence-corrected chi connectivity index (χ0v) is 14.0. The number of para-hydroxylation sites is 1. The molecule has 0 spiro atoms. The molecule has 0 atom stereocenters. The molecule has 24 heavy (non-hydrogen) atoms. The average Bonchev–Trinajstić information content (AvgIpc) is 2.98. The van der Waals surface area contributed by atoms with Crippen LogP contribution in [0.3, 0.4) is 0 Å². The number of benzene rings is 1. The van der Waals surface area contributed by atoms with Crippen LogP contribution in [0.25, 0.3) is 10.9 Å². The summed E-state index contributed by atoms with van der Waals surface area (Å²) in [5.74, 6) is 0.679. The van der Waals surface area contributed by atoms with Gasteiger partial charge in [0.05, 0.1) is 5.56 Å². The van der Waals surface area contributed by atoms with Crippen LogP contribution in [0.5, 0.6) is 0 Å². The topological polar surface area (TPSA) is 69.8 Å². The molecule has 0 fully saturated rings. The Morgan fingerprint density at radius 2 is 2.04 bits per heavy atom. The molecule has 0 radical (unpaired) electrons. The first-order valence-corrected chi connectivity index (χ1v) is 8.19. The quantitative estimate of drug-likeness (QED) is 0.652. The van der Waals surface area contributed by atoms with Crippen molar-refractivity contribution >= 4 is 22.6 Å². The van der Waals surface area contributed by atoms with Gasteiger partial charge in [0.2, 0.25) is 0 Å². The van der Waals surface area contributed by atoms with Gasteiger partial charge in [0.15, 0.2) is 0 Å². The number of H-pyrrole nitrogens is 1. The third kappa shape index (κ3) is 3.74. The van der Waals surface area contributed by atoms with E-state index in [9.17, 15) is 4.79 Å². The van der Waals surface area contributed by atoms with Crippen molar-refractivity contribution in [3.05, 3.63) is 59.9 Å². The summed E-state index contributed by atoms with van der Waals surface area (Å²) in [5.41, 5.74) is 2.90. The van der Waals surface area contributed by atoms with E-state index in [2.05, 4.69) is 32.7 Å². The maximum absolute atomic E-state index is 12.2. The van der Waals surface area contributed by atoms with Crippen molar-refractivity contribution < 1.29 is 4.79 Å². The van der Waals surface area contributed by atoms with Gasteiger partial charge >= 0.3 is 0 Å². The molecule has 3 N–H and O–H groups in total. The molecule has 0 saturated carbocycles. The fourth-order valence-corrected chi connectivity index (χ4v) is 2.66. The zero-order valence-electron chi connectivity index (χ0n) is 14.0. The number of aromatic amines is 1. The first-order valence-electron chi connectivity index (χ1n) is 8.19. The average molecular weight is 322 g/mol. The highest BCUT2D eigenvalue weighted by atomic mass is 16.1. The van der Waals surface area contributed by atoms with E-state index in [1.807, 2.05) is 38.2 Å². The normalized spacial score (nSPS) is 11.0. The SMILES string of the molecule is CC(C)Nc1ccc(C(=O)NCCc2c[nH]c3ccccc23)cn1. The Hall–Kier alpha value is -2.82. The number of hydrogen-bond acceptors (Lipinski definition) is 3.